The average molecular weight is 268 g/mol. The second-order valence-corrected chi connectivity index (χ2v) is 6.28. The van der Waals surface area contributed by atoms with Crippen molar-refractivity contribution in [3.05, 3.63) is 0 Å². The Morgan fingerprint density at radius 3 is 2.21 bits per heavy atom. The minimum absolute atomic E-state index is 0.266. The SMILES string of the molecule is CCCCCCC1CCC(N)C(CC)(CC)N1CC. The maximum Gasteiger partial charge on any atom is 0.0357 e. The Kier molecular flexibility index (Phi) is 7.38. The van der Waals surface area contributed by atoms with Crippen LogP contribution in [0.2, 0.25) is 0 Å². The van der Waals surface area contributed by atoms with Gasteiger partial charge in [0.2, 0.25) is 0 Å². The van der Waals surface area contributed by atoms with E-state index in [0.717, 1.165) is 12.6 Å². The van der Waals surface area contributed by atoms with Crippen LogP contribution in [0.5, 0.6) is 0 Å². The molecule has 1 aliphatic heterocycles. The molecule has 114 valence electrons. The maximum atomic E-state index is 6.50. The number of unbranched alkanes of at least 4 members (excludes halogenated alkanes) is 3. The second kappa shape index (κ2) is 8.26. The molecular formula is C17H36N2. The van der Waals surface area contributed by atoms with Crippen LogP contribution in [-0.4, -0.2) is 29.1 Å². The third-order valence-electron chi connectivity index (χ3n) is 5.47. The number of nitrogens with two attached hydrogens (primary N) is 1. The van der Waals surface area contributed by atoms with Crippen molar-refractivity contribution < 1.29 is 0 Å². The molecule has 1 rings (SSSR count). The monoisotopic (exact) mass is 268 g/mol. The topological polar surface area (TPSA) is 29.3 Å². The van der Waals surface area contributed by atoms with Gasteiger partial charge in [0.1, 0.15) is 0 Å². The summed E-state index contributed by atoms with van der Waals surface area (Å²) in [4.78, 5) is 2.76. The number of hydrogen-bond acceptors (Lipinski definition) is 2. The molecule has 1 saturated heterocycles. The van der Waals surface area contributed by atoms with Crippen LogP contribution in [0.1, 0.15) is 85.5 Å². The van der Waals surface area contributed by atoms with Crippen LogP contribution < -0.4 is 5.73 Å². The van der Waals surface area contributed by atoms with Crippen molar-refractivity contribution in [3.8, 4) is 0 Å². The Morgan fingerprint density at radius 2 is 1.68 bits per heavy atom. The number of likely N-dealkylation sites (tertiary alicyclic amines) is 1. The Labute approximate surface area is 121 Å². The first kappa shape index (κ1) is 17.0. The highest BCUT2D eigenvalue weighted by molar-refractivity contribution is 5.03. The Balaban J connectivity index is 2.66. The van der Waals surface area contributed by atoms with Gasteiger partial charge in [0.15, 0.2) is 0 Å². The molecular weight excluding hydrogens is 232 g/mol. The van der Waals surface area contributed by atoms with Gasteiger partial charge in [-0.3, -0.25) is 4.90 Å². The third kappa shape index (κ3) is 3.72. The normalized spacial score (nSPS) is 27.6. The zero-order valence-corrected chi connectivity index (χ0v) is 13.8. The van der Waals surface area contributed by atoms with Crippen LogP contribution in [0.3, 0.4) is 0 Å². The molecule has 1 heterocycles. The highest BCUT2D eigenvalue weighted by Gasteiger charge is 2.44. The van der Waals surface area contributed by atoms with E-state index in [0.29, 0.717) is 6.04 Å². The molecule has 2 nitrogen and oxygen atoms in total. The highest BCUT2D eigenvalue weighted by Crippen LogP contribution is 2.38. The molecule has 2 heteroatoms. The quantitative estimate of drug-likeness (QED) is 0.664. The van der Waals surface area contributed by atoms with E-state index >= 15 is 0 Å². The van der Waals surface area contributed by atoms with Crippen molar-refractivity contribution in [2.24, 2.45) is 5.73 Å². The minimum atomic E-state index is 0.266. The van der Waals surface area contributed by atoms with Gasteiger partial charge in [0, 0.05) is 17.6 Å². The minimum Gasteiger partial charge on any atom is -0.326 e. The summed E-state index contributed by atoms with van der Waals surface area (Å²) in [5.41, 5.74) is 6.76. The largest absolute Gasteiger partial charge is 0.326 e. The Hall–Kier alpha value is -0.0800. The van der Waals surface area contributed by atoms with Crippen LogP contribution >= 0.6 is 0 Å². The number of likely N-dealkylation sites (N-methyl/N-ethyl adjacent to an activating group) is 1. The lowest BCUT2D eigenvalue weighted by atomic mass is 9.75. The zero-order valence-electron chi connectivity index (χ0n) is 13.8. The molecule has 0 saturated carbocycles. The first-order chi connectivity index (χ1) is 9.16. The smallest absolute Gasteiger partial charge is 0.0357 e. The lowest BCUT2D eigenvalue weighted by Crippen LogP contribution is -2.65. The highest BCUT2D eigenvalue weighted by atomic mass is 15.3. The first-order valence-corrected chi connectivity index (χ1v) is 8.68. The van der Waals surface area contributed by atoms with Gasteiger partial charge in [0.05, 0.1) is 0 Å². The molecule has 0 aromatic rings. The van der Waals surface area contributed by atoms with Gasteiger partial charge < -0.3 is 5.73 Å². The lowest BCUT2D eigenvalue weighted by molar-refractivity contribution is -0.0223. The summed E-state index contributed by atoms with van der Waals surface area (Å²) in [7, 11) is 0. The average Bonchev–Trinajstić information content (AvgIpc) is 2.44. The van der Waals surface area contributed by atoms with Gasteiger partial charge >= 0.3 is 0 Å². The van der Waals surface area contributed by atoms with Crippen molar-refractivity contribution in [2.75, 3.05) is 6.54 Å². The van der Waals surface area contributed by atoms with Gasteiger partial charge in [-0.05, 0) is 38.6 Å². The van der Waals surface area contributed by atoms with Gasteiger partial charge in [0.25, 0.3) is 0 Å². The third-order valence-corrected chi connectivity index (χ3v) is 5.47. The summed E-state index contributed by atoms with van der Waals surface area (Å²) < 4.78 is 0. The lowest BCUT2D eigenvalue weighted by Gasteiger charge is -2.54. The van der Waals surface area contributed by atoms with E-state index in [4.69, 9.17) is 5.73 Å². The summed E-state index contributed by atoms with van der Waals surface area (Å²) >= 11 is 0. The summed E-state index contributed by atoms with van der Waals surface area (Å²) in [5.74, 6) is 0. The summed E-state index contributed by atoms with van der Waals surface area (Å²) in [6, 6.07) is 1.15. The maximum absolute atomic E-state index is 6.50. The molecule has 19 heavy (non-hydrogen) atoms. The van der Waals surface area contributed by atoms with E-state index in [2.05, 4.69) is 32.6 Å². The number of nitrogens with zero attached hydrogens (tertiary/aromatic N) is 1. The van der Waals surface area contributed by atoms with E-state index in [1.54, 1.807) is 0 Å². The zero-order chi connectivity index (χ0) is 14.3. The molecule has 0 aromatic heterocycles. The molecule has 0 bridgehead atoms. The predicted octanol–water partition coefficient (Wildman–Crippen LogP) is 4.33. The summed E-state index contributed by atoms with van der Waals surface area (Å²) in [6.07, 6.45) is 11.8. The molecule has 0 aliphatic carbocycles. The first-order valence-electron chi connectivity index (χ1n) is 8.68. The summed E-state index contributed by atoms with van der Waals surface area (Å²) in [5, 5.41) is 0. The molecule has 2 atom stereocenters. The van der Waals surface area contributed by atoms with Crippen LogP contribution in [-0.2, 0) is 0 Å². The fraction of sp³-hybridized carbons (Fsp3) is 1.00. The molecule has 1 aliphatic rings. The second-order valence-electron chi connectivity index (χ2n) is 6.28. The van der Waals surface area contributed by atoms with E-state index in [1.807, 2.05) is 0 Å². The van der Waals surface area contributed by atoms with Crippen LogP contribution in [0.4, 0.5) is 0 Å². The van der Waals surface area contributed by atoms with Crippen molar-refractivity contribution >= 4 is 0 Å². The molecule has 2 N–H and O–H groups in total. The van der Waals surface area contributed by atoms with Gasteiger partial charge in [-0.2, -0.15) is 0 Å². The van der Waals surface area contributed by atoms with Crippen molar-refractivity contribution in [2.45, 2.75) is 103 Å². The molecule has 0 spiro atoms. The van der Waals surface area contributed by atoms with Gasteiger partial charge in [-0.15, -0.1) is 0 Å². The Bertz CT molecular complexity index is 235. The van der Waals surface area contributed by atoms with Crippen LogP contribution in [0.25, 0.3) is 0 Å². The van der Waals surface area contributed by atoms with E-state index in [1.165, 1.54) is 57.8 Å². The van der Waals surface area contributed by atoms with E-state index in [9.17, 15) is 0 Å². The van der Waals surface area contributed by atoms with Crippen molar-refractivity contribution in [1.29, 1.82) is 0 Å². The molecule has 0 aromatic carbocycles. The Morgan fingerprint density at radius 1 is 1.00 bits per heavy atom. The van der Waals surface area contributed by atoms with E-state index in [-0.39, 0.29) is 5.54 Å². The summed E-state index contributed by atoms with van der Waals surface area (Å²) in [6.45, 7) is 10.4. The van der Waals surface area contributed by atoms with E-state index < -0.39 is 0 Å². The molecule has 2 unspecified atom stereocenters. The fourth-order valence-corrected chi connectivity index (χ4v) is 4.23. The van der Waals surface area contributed by atoms with Gasteiger partial charge in [-0.25, -0.2) is 0 Å². The number of piperidine rings is 1. The van der Waals surface area contributed by atoms with Crippen molar-refractivity contribution in [1.82, 2.24) is 4.90 Å². The molecule has 1 fully saturated rings. The molecule has 0 amide bonds. The molecule has 0 radical (unpaired) electrons. The predicted molar refractivity (Wildman–Crippen MR) is 85.4 cm³/mol. The van der Waals surface area contributed by atoms with Gasteiger partial charge in [-0.1, -0.05) is 53.4 Å². The number of hydrogen-bond donors (Lipinski definition) is 1. The standard InChI is InChI=1S/C17H36N2/c1-5-9-10-11-12-15-13-14-16(18)17(6-2,7-3)19(15)8-4/h15-16H,5-14,18H2,1-4H3. The van der Waals surface area contributed by atoms with Crippen LogP contribution in [0.15, 0.2) is 0 Å². The fourth-order valence-electron chi connectivity index (χ4n) is 4.23. The van der Waals surface area contributed by atoms with Crippen LogP contribution in [0, 0.1) is 0 Å². The number of rotatable bonds is 8. The van der Waals surface area contributed by atoms with Crippen molar-refractivity contribution in [3.63, 3.8) is 0 Å².